The number of halogens is 1. The lowest BCUT2D eigenvalue weighted by molar-refractivity contribution is -0.117. The Morgan fingerprint density at radius 2 is 1.91 bits per heavy atom. The Hall–Kier alpha value is -1.59. The summed E-state index contributed by atoms with van der Waals surface area (Å²) in [5.41, 5.74) is 2.45. The van der Waals surface area contributed by atoms with Crippen molar-refractivity contribution in [1.29, 1.82) is 0 Å². The van der Waals surface area contributed by atoms with Gasteiger partial charge >= 0.3 is 0 Å². The Morgan fingerprint density at radius 1 is 1.23 bits per heavy atom. The number of hydrogen-bond donors (Lipinski definition) is 3. The summed E-state index contributed by atoms with van der Waals surface area (Å²) in [5.74, 6) is 0.390. The quantitative estimate of drug-likeness (QED) is 0.797. The van der Waals surface area contributed by atoms with Gasteiger partial charge in [-0.05, 0) is 56.5 Å². The highest BCUT2D eigenvalue weighted by atomic mass is 35.5. The third kappa shape index (κ3) is 5.66. The maximum absolute atomic E-state index is 12.1. The molecule has 1 aromatic carbocycles. The summed E-state index contributed by atoms with van der Waals surface area (Å²) in [6.07, 6.45) is 2.67. The second-order valence-electron chi connectivity index (χ2n) is 5.66. The third-order valence-electron chi connectivity index (χ3n) is 3.76. The van der Waals surface area contributed by atoms with Gasteiger partial charge in [-0.2, -0.15) is 0 Å². The van der Waals surface area contributed by atoms with E-state index in [-0.39, 0.29) is 24.2 Å². The van der Waals surface area contributed by atoms with E-state index in [1.807, 2.05) is 19.1 Å². The first-order chi connectivity index (χ1) is 10.0. The number of amides is 2. The smallest absolute Gasteiger partial charge is 0.224 e. The lowest BCUT2D eigenvalue weighted by Gasteiger charge is -2.22. The maximum atomic E-state index is 12.1. The van der Waals surface area contributed by atoms with Crippen LogP contribution in [0.4, 0.5) is 11.4 Å². The number of piperidine rings is 1. The molecule has 1 heterocycles. The van der Waals surface area contributed by atoms with Gasteiger partial charge in [-0.15, -0.1) is 12.4 Å². The number of carbonyl (C=O) groups excluding carboxylic acids is 2. The van der Waals surface area contributed by atoms with Crippen molar-refractivity contribution in [2.75, 3.05) is 23.7 Å². The highest BCUT2D eigenvalue weighted by Gasteiger charge is 2.17. The predicted molar refractivity (Wildman–Crippen MR) is 91.6 cm³/mol. The van der Waals surface area contributed by atoms with E-state index in [9.17, 15) is 9.59 Å². The summed E-state index contributed by atoms with van der Waals surface area (Å²) in [5, 5.41) is 8.99. The molecule has 1 aliphatic heterocycles. The predicted octanol–water partition coefficient (Wildman–Crippen LogP) is 2.70. The third-order valence-corrected chi connectivity index (χ3v) is 3.76. The van der Waals surface area contributed by atoms with Gasteiger partial charge in [0.2, 0.25) is 11.8 Å². The zero-order valence-electron chi connectivity index (χ0n) is 13.1. The van der Waals surface area contributed by atoms with E-state index in [2.05, 4.69) is 16.0 Å². The Balaban J connectivity index is 0.00000242. The molecule has 6 heteroatoms. The Bertz CT molecular complexity index is 528. The highest BCUT2D eigenvalue weighted by Crippen LogP contribution is 2.22. The monoisotopic (exact) mass is 325 g/mol. The number of anilines is 2. The molecule has 1 saturated heterocycles. The van der Waals surface area contributed by atoms with Gasteiger partial charge in [-0.3, -0.25) is 9.59 Å². The molecule has 5 nitrogen and oxygen atoms in total. The average molecular weight is 326 g/mol. The Labute approximate surface area is 137 Å². The number of carbonyl (C=O) groups is 2. The van der Waals surface area contributed by atoms with E-state index in [1.54, 1.807) is 6.07 Å². The summed E-state index contributed by atoms with van der Waals surface area (Å²) in [6, 6.07) is 5.53. The van der Waals surface area contributed by atoms with Crippen molar-refractivity contribution >= 4 is 35.6 Å². The molecule has 0 bridgehead atoms. The molecule has 3 N–H and O–H groups in total. The summed E-state index contributed by atoms with van der Waals surface area (Å²) in [6.45, 7) is 5.40. The van der Waals surface area contributed by atoms with Crippen molar-refractivity contribution < 1.29 is 9.59 Å². The van der Waals surface area contributed by atoms with Crippen LogP contribution < -0.4 is 16.0 Å². The lowest BCUT2D eigenvalue weighted by Crippen LogP contribution is -2.30. The summed E-state index contributed by atoms with van der Waals surface area (Å²) in [7, 11) is 0. The van der Waals surface area contributed by atoms with Crippen LogP contribution in [-0.2, 0) is 9.59 Å². The van der Waals surface area contributed by atoms with Crippen LogP contribution >= 0.6 is 12.4 Å². The largest absolute Gasteiger partial charge is 0.326 e. The van der Waals surface area contributed by atoms with Gasteiger partial charge in [-0.1, -0.05) is 6.07 Å². The van der Waals surface area contributed by atoms with Crippen molar-refractivity contribution in [2.45, 2.75) is 33.1 Å². The zero-order chi connectivity index (χ0) is 15.2. The van der Waals surface area contributed by atoms with Crippen LogP contribution in [-0.4, -0.2) is 24.9 Å². The molecule has 0 aromatic heterocycles. The minimum absolute atomic E-state index is 0. The molecule has 22 heavy (non-hydrogen) atoms. The van der Waals surface area contributed by atoms with E-state index in [0.29, 0.717) is 18.0 Å². The number of rotatable bonds is 4. The molecule has 2 amide bonds. The van der Waals surface area contributed by atoms with Crippen molar-refractivity contribution in [2.24, 2.45) is 5.92 Å². The number of hydrogen-bond acceptors (Lipinski definition) is 3. The number of nitrogens with one attached hydrogen (secondary N) is 3. The summed E-state index contributed by atoms with van der Waals surface area (Å²) >= 11 is 0. The van der Waals surface area contributed by atoms with Crippen LogP contribution in [0.1, 0.15) is 31.7 Å². The molecule has 0 spiro atoms. The van der Waals surface area contributed by atoms with Crippen molar-refractivity contribution in [3.05, 3.63) is 23.8 Å². The van der Waals surface area contributed by atoms with Crippen molar-refractivity contribution in [3.8, 4) is 0 Å². The fourth-order valence-corrected chi connectivity index (χ4v) is 2.59. The second-order valence-corrected chi connectivity index (χ2v) is 5.66. The van der Waals surface area contributed by atoms with Crippen molar-refractivity contribution in [1.82, 2.24) is 5.32 Å². The number of benzene rings is 1. The first kappa shape index (κ1) is 18.5. The van der Waals surface area contributed by atoms with Crippen LogP contribution in [0.5, 0.6) is 0 Å². The van der Waals surface area contributed by atoms with Crippen LogP contribution in [0.3, 0.4) is 0 Å². The average Bonchev–Trinajstić information content (AvgIpc) is 2.43. The molecular formula is C16H24ClN3O2. The first-order valence-corrected chi connectivity index (χ1v) is 7.43. The molecule has 2 rings (SSSR count). The van der Waals surface area contributed by atoms with Gasteiger partial charge in [-0.25, -0.2) is 0 Å². The molecule has 0 aliphatic carbocycles. The first-order valence-electron chi connectivity index (χ1n) is 7.43. The van der Waals surface area contributed by atoms with Gasteiger partial charge < -0.3 is 16.0 Å². The van der Waals surface area contributed by atoms with Gasteiger partial charge in [0, 0.05) is 24.7 Å². The molecule has 122 valence electrons. The zero-order valence-corrected chi connectivity index (χ0v) is 13.9. The van der Waals surface area contributed by atoms with E-state index in [1.165, 1.54) is 6.92 Å². The van der Waals surface area contributed by atoms with Crippen LogP contribution in [0.2, 0.25) is 0 Å². The molecular weight excluding hydrogens is 302 g/mol. The molecule has 0 unspecified atom stereocenters. The van der Waals surface area contributed by atoms with Gasteiger partial charge in [0.25, 0.3) is 0 Å². The van der Waals surface area contributed by atoms with Crippen molar-refractivity contribution in [3.63, 3.8) is 0 Å². The summed E-state index contributed by atoms with van der Waals surface area (Å²) < 4.78 is 0. The summed E-state index contributed by atoms with van der Waals surface area (Å²) in [4.78, 5) is 23.2. The second kappa shape index (κ2) is 8.76. The SMILES string of the molecule is CC(=O)Nc1ccc(C)c(NC(=O)CC2CCNCC2)c1.Cl. The topological polar surface area (TPSA) is 70.2 Å². The van der Waals surface area contributed by atoms with E-state index in [4.69, 9.17) is 0 Å². The van der Waals surface area contributed by atoms with E-state index < -0.39 is 0 Å². The van der Waals surface area contributed by atoms with E-state index >= 15 is 0 Å². The standard InChI is InChI=1S/C16H23N3O2.ClH/c1-11-3-4-14(18-12(2)20)10-15(11)19-16(21)9-13-5-7-17-8-6-13;/h3-4,10,13,17H,5-9H2,1-2H3,(H,18,20)(H,19,21);1H. The minimum Gasteiger partial charge on any atom is -0.326 e. The fourth-order valence-electron chi connectivity index (χ4n) is 2.59. The highest BCUT2D eigenvalue weighted by molar-refractivity contribution is 5.94. The van der Waals surface area contributed by atoms with Crippen LogP contribution in [0, 0.1) is 12.8 Å². The Morgan fingerprint density at radius 3 is 2.55 bits per heavy atom. The van der Waals surface area contributed by atoms with Gasteiger partial charge in [0.05, 0.1) is 0 Å². The van der Waals surface area contributed by atoms with E-state index in [0.717, 1.165) is 37.2 Å². The molecule has 0 saturated carbocycles. The Kier molecular flexibility index (Phi) is 7.35. The molecule has 1 aliphatic rings. The molecule has 1 aromatic rings. The molecule has 1 fully saturated rings. The van der Waals surface area contributed by atoms with Crippen LogP contribution in [0.25, 0.3) is 0 Å². The van der Waals surface area contributed by atoms with Gasteiger partial charge in [0.1, 0.15) is 0 Å². The lowest BCUT2D eigenvalue weighted by atomic mass is 9.94. The van der Waals surface area contributed by atoms with Crippen LogP contribution in [0.15, 0.2) is 18.2 Å². The minimum atomic E-state index is -0.120. The van der Waals surface area contributed by atoms with Gasteiger partial charge in [0.15, 0.2) is 0 Å². The maximum Gasteiger partial charge on any atom is 0.224 e. The molecule has 0 radical (unpaired) electrons. The fraction of sp³-hybridized carbons (Fsp3) is 0.500. The number of aryl methyl sites for hydroxylation is 1. The normalized spacial score (nSPS) is 14.8. The molecule has 0 atom stereocenters.